The molecule has 2 heterocycles. The van der Waals surface area contributed by atoms with E-state index in [1.54, 1.807) is 6.07 Å². The van der Waals surface area contributed by atoms with Crippen molar-refractivity contribution in [1.29, 1.82) is 0 Å². The van der Waals surface area contributed by atoms with Crippen LogP contribution in [0.15, 0.2) is 12.1 Å². The lowest BCUT2D eigenvalue weighted by molar-refractivity contribution is 0.0535. The van der Waals surface area contributed by atoms with Crippen molar-refractivity contribution in [3.8, 4) is 0 Å². The van der Waals surface area contributed by atoms with Gasteiger partial charge in [-0.15, -0.1) is 0 Å². The first-order valence-electron chi connectivity index (χ1n) is 9.04. The normalized spacial score (nSPS) is 25.9. The van der Waals surface area contributed by atoms with Crippen LogP contribution in [0.4, 0.5) is 0 Å². The van der Waals surface area contributed by atoms with E-state index in [0.29, 0.717) is 24.6 Å². The van der Waals surface area contributed by atoms with Crippen molar-refractivity contribution in [2.75, 3.05) is 19.6 Å². The Hall–Kier alpha value is -1.43. The summed E-state index contributed by atoms with van der Waals surface area (Å²) in [6.45, 7) is 5.05. The summed E-state index contributed by atoms with van der Waals surface area (Å²) in [5, 5.41) is 17.9. The molecule has 1 saturated heterocycles. The second-order valence-electron chi connectivity index (χ2n) is 7.48. The number of esters is 1. The Morgan fingerprint density at radius 2 is 2.29 bits per heavy atom. The summed E-state index contributed by atoms with van der Waals surface area (Å²) < 4.78 is 5.10. The maximum atomic E-state index is 11.6. The van der Waals surface area contributed by atoms with Gasteiger partial charge in [-0.2, -0.15) is 0 Å². The molecule has 2 atom stereocenters. The van der Waals surface area contributed by atoms with Gasteiger partial charge in [0.2, 0.25) is 0 Å². The number of aliphatic hydroxyl groups excluding tert-OH is 1. The molecule has 0 radical (unpaired) electrons. The third kappa shape index (κ3) is 2.55. The van der Waals surface area contributed by atoms with Crippen LogP contribution in [-0.4, -0.2) is 36.2 Å². The Morgan fingerprint density at radius 3 is 2.96 bits per heavy atom. The predicted molar refractivity (Wildman–Crippen MR) is 90.8 cm³/mol. The number of hydrogen-bond acceptors (Lipinski definition) is 5. The number of β-amino-alcohol motifs (C(OH)–C–C–N with tert-alkyl or cyclic N) is 1. The van der Waals surface area contributed by atoms with Crippen LogP contribution in [0.1, 0.15) is 58.8 Å². The SMILES string of the molecule is Cc1c(C(O)CNC2(C3CCNC3)CCC2)ccc2c1COC2=O. The molecule has 0 amide bonds. The van der Waals surface area contributed by atoms with Crippen molar-refractivity contribution in [1.82, 2.24) is 10.6 Å². The minimum atomic E-state index is -0.558. The van der Waals surface area contributed by atoms with Crippen molar-refractivity contribution in [2.24, 2.45) is 5.92 Å². The molecule has 3 aliphatic rings. The number of ether oxygens (including phenoxy) is 1. The average molecular weight is 330 g/mol. The van der Waals surface area contributed by atoms with Crippen LogP contribution in [0.5, 0.6) is 0 Å². The Morgan fingerprint density at radius 1 is 1.46 bits per heavy atom. The summed E-state index contributed by atoms with van der Waals surface area (Å²) >= 11 is 0. The third-order valence-electron chi connectivity index (χ3n) is 6.30. The van der Waals surface area contributed by atoms with Crippen molar-refractivity contribution >= 4 is 5.97 Å². The molecule has 130 valence electrons. The van der Waals surface area contributed by atoms with Crippen LogP contribution >= 0.6 is 0 Å². The summed E-state index contributed by atoms with van der Waals surface area (Å²) in [6.07, 6.45) is 4.35. The summed E-state index contributed by atoms with van der Waals surface area (Å²) in [5.74, 6) is 0.417. The highest BCUT2D eigenvalue weighted by atomic mass is 16.5. The summed E-state index contributed by atoms with van der Waals surface area (Å²) in [7, 11) is 0. The minimum Gasteiger partial charge on any atom is -0.457 e. The highest BCUT2D eigenvalue weighted by Gasteiger charge is 2.44. The number of hydrogen-bond donors (Lipinski definition) is 3. The van der Waals surface area contributed by atoms with E-state index in [2.05, 4.69) is 10.6 Å². The first-order chi connectivity index (χ1) is 11.6. The molecule has 2 aliphatic heterocycles. The van der Waals surface area contributed by atoms with E-state index in [-0.39, 0.29) is 11.5 Å². The molecule has 1 saturated carbocycles. The predicted octanol–water partition coefficient (Wildman–Crippen LogP) is 1.82. The number of rotatable bonds is 5. The molecule has 1 aromatic rings. The number of nitrogens with one attached hydrogen (secondary N) is 2. The Kier molecular flexibility index (Phi) is 4.11. The monoisotopic (exact) mass is 330 g/mol. The number of fused-ring (bicyclic) bond motifs is 1. The molecule has 24 heavy (non-hydrogen) atoms. The van der Waals surface area contributed by atoms with Gasteiger partial charge in [0.05, 0.1) is 11.7 Å². The Bertz CT molecular complexity index is 648. The largest absolute Gasteiger partial charge is 0.457 e. The molecule has 5 heteroatoms. The quantitative estimate of drug-likeness (QED) is 0.719. The van der Waals surface area contributed by atoms with E-state index >= 15 is 0 Å². The van der Waals surface area contributed by atoms with Crippen LogP contribution in [0.25, 0.3) is 0 Å². The van der Waals surface area contributed by atoms with Crippen LogP contribution in [0, 0.1) is 12.8 Å². The van der Waals surface area contributed by atoms with Gasteiger partial charge in [-0.3, -0.25) is 0 Å². The van der Waals surface area contributed by atoms with Crippen molar-refractivity contribution in [2.45, 2.75) is 50.9 Å². The summed E-state index contributed by atoms with van der Waals surface area (Å²) in [4.78, 5) is 11.6. The summed E-state index contributed by atoms with van der Waals surface area (Å²) in [5.41, 5.74) is 3.66. The molecule has 0 bridgehead atoms. The molecule has 3 N–H and O–H groups in total. The molecule has 1 aromatic carbocycles. The minimum absolute atomic E-state index is 0.203. The molecule has 2 unspecified atom stereocenters. The van der Waals surface area contributed by atoms with E-state index < -0.39 is 6.10 Å². The number of carbonyl (C=O) groups is 1. The fraction of sp³-hybridized carbons (Fsp3) is 0.632. The first kappa shape index (κ1) is 16.1. The van der Waals surface area contributed by atoms with Crippen LogP contribution in [0.3, 0.4) is 0 Å². The molecule has 0 aromatic heterocycles. The van der Waals surface area contributed by atoms with E-state index in [1.165, 1.54) is 25.7 Å². The number of aliphatic hydroxyl groups is 1. The highest BCUT2D eigenvalue weighted by Crippen LogP contribution is 2.41. The van der Waals surface area contributed by atoms with Crippen LogP contribution in [-0.2, 0) is 11.3 Å². The van der Waals surface area contributed by atoms with Gasteiger partial charge in [-0.25, -0.2) is 4.79 Å². The highest BCUT2D eigenvalue weighted by molar-refractivity contribution is 5.93. The molecular weight excluding hydrogens is 304 g/mol. The van der Waals surface area contributed by atoms with E-state index in [9.17, 15) is 9.90 Å². The lowest BCUT2D eigenvalue weighted by Crippen LogP contribution is -2.57. The van der Waals surface area contributed by atoms with Gasteiger partial charge >= 0.3 is 5.97 Å². The van der Waals surface area contributed by atoms with Gasteiger partial charge in [0.1, 0.15) is 6.61 Å². The Labute approximate surface area is 142 Å². The first-order valence-corrected chi connectivity index (χ1v) is 9.04. The van der Waals surface area contributed by atoms with E-state index in [4.69, 9.17) is 4.74 Å². The van der Waals surface area contributed by atoms with Gasteiger partial charge in [-0.1, -0.05) is 6.07 Å². The van der Waals surface area contributed by atoms with Gasteiger partial charge in [-0.05, 0) is 68.8 Å². The van der Waals surface area contributed by atoms with Gasteiger partial charge in [0.15, 0.2) is 0 Å². The van der Waals surface area contributed by atoms with E-state index in [1.807, 2.05) is 13.0 Å². The molecule has 0 spiro atoms. The van der Waals surface area contributed by atoms with Crippen LogP contribution in [0.2, 0.25) is 0 Å². The molecule has 1 aliphatic carbocycles. The zero-order valence-electron chi connectivity index (χ0n) is 14.2. The van der Waals surface area contributed by atoms with Gasteiger partial charge in [0.25, 0.3) is 0 Å². The topological polar surface area (TPSA) is 70.6 Å². The molecule has 2 fully saturated rings. The summed E-state index contributed by atoms with van der Waals surface area (Å²) in [6, 6.07) is 3.66. The lowest BCUT2D eigenvalue weighted by atomic mass is 9.67. The zero-order chi connectivity index (χ0) is 16.7. The van der Waals surface area contributed by atoms with E-state index in [0.717, 1.165) is 29.8 Å². The fourth-order valence-electron chi connectivity index (χ4n) is 4.55. The maximum Gasteiger partial charge on any atom is 0.338 e. The molecule has 4 rings (SSSR count). The van der Waals surface area contributed by atoms with Crippen molar-refractivity contribution in [3.05, 3.63) is 34.4 Å². The third-order valence-corrected chi connectivity index (χ3v) is 6.30. The standard InChI is InChI=1S/C19H26N2O3/c1-12-14(3-4-15-16(12)11-24-18(15)23)17(22)10-21-19(6-2-7-19)13-5-8-20-9-13/h3-4,13,17,20-22H,2,5-11H2,1H3. The molecular formula is C19H26N2O3. The maximum absolute atomic E-state index is 11.6. The smallest absolute Gasteiger partial charge is 0.338 e. The van der Waals surface area contributed by atoms with Crippen molar-refractivity contribution < 1.29 is 14.6 Å². The number of carbonyl (C=O) groups excluding carboxylic acids is 1. The molecule has 5 nitrogen and oxygen atoms in total. The van der Waals surface area contributed by atoms with Crippen LogP contribution < -0.4 is 10.6 Å². The van der Waals surface area contributed by atoms with Crippen molar-refractivity contribution in [3.63, 3.8) is 0 Å². The second-order valence-corrected chi connectivity index (χ2v) is 7.48. The van der Waals surface area contributed by atoms with Gasteiger partial charge < -0.3 is 20.5 Å². The number of cyclic esters (lactones) is 1. The fourth-order valence-corrected chi connectivity index (χ4v) is 4.55. The second kappa shape index (κ2) is 6.14. The Balaban J connectivity index is 1.47. The van der Waals surface area contributed by atoms with Gasteiger partial charge in [0, 0.05) is 17.6 Å². The number of benzene rings is 1. The lowest BCUT2D eigenvalue weighted by Gasteiger charge is -2.48. The average Bonchev–Trinajstić information content (AvgIpc) is 3.18. The zero-order valence-corrected chi connectivity index (χ0v) is 14.2.